The average Bonchev–Trinajstić information content (AvgIpc) is 3.31. The van der Waals surface area contributed by atoms with Gasteiger partial charge < -0.3 is 35.3 Å². The van der Waals surface area contributed by atoms with Crippen LogP contribution >= 0.6 is 0 Å². The molecule has 0 fully saturated rings. The van der Waals surface area contributed by atoms with Gasteiger partial charge >= 0.3 is 6.36 Å². The monoisotopic (exact) mass is 597 g/mol. The van der Waals surface area contributed by atoms with E-state index in [4.69, 9.17) is 16.2 Å². The Morgan fingerprint density at radius 1 is 0.837 bits per heavy atom. The summed E-state index contributed by atoms with van der Waals surface area (Å²) in [7, 11) is 5.91. The van der Waals surface area contributed by atoms with Gasteiger partial charge in [0.15, 0.2) is 0 Å². The van der Waals surface area contributed by atoms with E-state index < -0.39 is 6.36 Å². The van der Waals surface area contributed by atoms with Gasteiger partial charge in [0.05, 0.1) is 7.11 Å². The normalized spacial score (nSPS) is 12.1. The van der Waals surface area contributed by atoms with Crippen molar-refractivity contribution in [1.29, 1.82) is 0 Å². The fourth-order valence-corrected chi connectivity index (χ4v) is 5.46. The van der Waals surface area contributed by atoms with Crippen LogP contribution in [0, 0.1) is 6.92 Å². The highest BCUT2D eigenvalue weighted by Gasteiger charge is 2.31. The lowest BCUT2D eigenvalue weighted by molar-refractivity contribution is -0.274. The minimum Gasteiger partial charge on any atom is -0.497 e. The third-order valence-corrected chi connectivity index (χ3v) is 7.48. The second-order valence-corrected chi connectivity index (χ2v) is 11.1. The quantitative estimate of drug-likeness (QED) is 0.189. The molecule has 0 saturated heterocycles. The number of benzene rings is 3. The molecule has 4 aromatic rings. The number of nitrogens with zero attached hydrogens (tertiary/aromatic N) is 3. The zero-order valence-corrected chi connectivity index (χ0v) is 25.4. The van der Waals surface area contributed by atoms with Crippen molar-refractivity contribution in [2.24, 2.45) is 11.5 Å². The zero-order valence-electron chi connectivity index (χ0n) is 25.4. The summed E-state index contributed by atoms with van der Waals surface area (Å²) in [5.74, 6) is 0.591. The number of aryl methyl sites for hydroxylation is 2. The topological polar surface area (TPSA) is 81.9 Å². The van der Waals surface area contributed by atoms with Crippen LogP contribution in [-0.4, -0.2) is 61.6 Å². The third-order valence-electron chi connectivity index (χ3n) is 7.48. The number of aromatic nitrogens is 1. The molecule has 0 spiro atoms. The van der Waals surface area contributed by atoms with E-state index in [1.54, 1.807) is 13.2 Å². The average molecular weight is 598 g/mol. The first kappa shape index (κ1) is 32.3. The lowest BCUT2D eigenvalue weighted by Crippen LogP contribution is -2.30. The van der Waals surface area contributed by atoms with Crippen molar-refractivity contribution in [2.75, 3.05) is 40.8 Å². The molecule has 1 heterocycles. The van der Waals surface area contributed by atoms with Gasteiger partial charge in [-0.15, -0.1) is 13.2 Å². The number of methoxy groups -OCH3 is 1. The van der Waals surface area contributed by atoms with Gasteiger partial charge in [-0.05, 0) is 98.2 Å². The molecule has 0 aliphatic rings. The van der Waals surface area contributed by atoms with E-state index in [2.05, 4.69) is 70.5 Å². The number of nitrogens with two attached hydrogens (primary N) is 2. The number of rotatable bonds is 14. The summed E-state index contributed by atoms with van der Waals surface area (Å²) in [5.41, 5.74) is 18.7. The molecule has 7 nitrogen and oxygen atoms in total. The van der Waals surface area contributed by atoms with Crippen LogP contribution in [0.25, 0.3) is 22.0 Å². The molecule has 0 aliphatic heterocycles. The maximum Gasteiger partial charge on any atom is 0.573 e. The maximum atomic E-state index is 12.8. The molecule has 232 valence electrons. The molecular weight excluding hydrogens is 555 g/mol. The zero-order chi connectivity index (χ0) is 31.1. The standard InChI is InChI=1S/C33H42F3N5O2/c1-23-14-25(16-28(15-23)42-4)21-40(3)13-12-39(2)20-24-6-9-32-30(17-24)31(22-41(32)11-5-10-37)29-8-7-27(18-26(29)19-38)43-33(34,35)36/h6-9,14-18,22H,5,10-13,19-21,37-38H2,1-4H3. The van der Waals surface area contributed by atoms with E-state index in [1.807, 2.05) is 12.3 Å². The Morgan fingerprint density at radius 3 is 2.21 bits per heavy atom. The van der Waals surface area contributed by atoms with Crippen molar-refractivity contribution in [2.45, 2.75) is 45.9 Å². The second kappa shape index (κ2) is 14.3. The van der Waals surface area contributed by atoms with Crippen molar-refractivity contribution < 1.29 is 22.6 Å². The molecule has 0 radical (unpaired) electrons. The van der Waals surface area contributed by atoms with Crippen LogP contribution in [-0.2, 0) is 26.2 Å². The third kappa shape index (κ3) is 8.73. The fourth-order valence-electron chi connectivity index (χ4n) is 5.46. The van der Waals surface area contributed by atoms with Crippen LogP contribution in [0.1, 0.15) is 28.7 Å². The number of hydrogen-bond acceptors (Lipinski definition) is 6. The molecule has 43 heavy (non-hydrogen) atoms. The summed E-state index contributed by atoms with van der Waals surface area (Å²) in [5, 5.41) is 1.02. The Kier molecular flexibility index (Phi) is 10.7. The van der Waals surface area contributed by atoms with Crippen LogP contribution in [0.5, 0.6) is 11.5 Å². The largest absolute Gasteiger partial charge is 0.573 e. The van der Waals surface area contributed by atoms with Gasteiger partial charge in [0.1, 0.15) is 11.5 Å². The smallest absolute Gasteiger partial charge is 0.497 e. The molecule has 0 bridgehead atoms. The summed E-state index contributed by atoms with van der Waals surface area (Å²) in [6, 6.07) is 17.1. The lowest BCUT2D eigenvalue weighted by atomic mass is 9.98. The molecule has 4 N–H and O–H groups in total. The number of fused-ring (bicyclic) bond motifs is 1. The lowest BCUT2D eigenvalue weighted by Gasteiger charge is -2.22. The van der Waals surface area contributed by atoms with Gasteiger partial charge in [-0.1, -0.05) is 18.2 Å². The van der Waals surface area contributed by atoms with Gasteiger partial charge in [-0.3, -0.25) is 0 Å². The minimum atomic E-state index is -4.77. The SMILES string of the molecule is COc1cc(C)cc(CN(C)CCN(C)Cc2ccc3c(c2)c(-c2ccc(OC(F)(F)F)cc2CN)cn3CCCN)c1. The van der Waals surface area contributed by atoms with Gasteiger partial charge in [0, 0.05) is 61.9 Å². The highest BCUT2D eigenvalue weighted by atomic mass is 19.4. The van der Waals surface area contributed by atoms with Crippen molar-refractivity contribution in [3.63, 3.8) is 0 Å². The van der Waals surface area contributed by atoms with E-state index in [0.717, 1.165) is 72.5 Å². The Balaban J connectivity index is 1.53. The molecule has 0 aliphatic carbocycles. The summed E-state index contributed by atoms with van der Waals surface area (Å²) in [6.45, 7) is 6.78. The predicted octanol–water partition coefficient (Wildman–Crippen LogP) is 5.90. The Labute approximate surface area is 251 Å². The van der Waals surface area contributed by atoms with Gasteiger partial charge in [0.25, 0.3) is 0 Å². The molecule has 3 aromatic carbocycles. The molecule has 10 heteroatoms. The first-order valence-corrected chi connectivity index (χ1v) is 14.4. The summed E-state index contributed by atoms with van der Waals surface area (Å²) in [6.07, 6.45) is -1.92. The van der Waals surface area contributed by atoms with E-state index in [0.29, 0.717) is 12.1 Å². The fraction of sp³-hybridized carbons (Fsp3) is 0.394. The summed E-state index contributed by atoms with van der Waals surface area (Å²) in [4.78, 5) is 4.58. The van der Waals surface area contributed by atoms with Crippen molar-refractivity contribution in [3.05, 3.63) is 83.0 Å². The Morgan fingerprint density at radius 2 is 1.56 bits per heavy atom. The predicted molar refractivity (Wildman–Crippen MR) is 166 cm³/mol. The minimum absolute atomic E-state index is 0.0745. The molecule has 0 atom stereocenters. The maximum absolute atomic E-state index is 12.8. The van der Waals surface area contributed by atoms with Crippen molar-refractivity contribution >= 4 is 10.9 Å². The summed E-state index contributed by atoms with van der Waals surface area (Å²) >= 11 is 0. The number of alkyl halides is 3. The number of halogens is 3. The van der Waals surface area contributed by atoms with Gasteiger partial charge in [-0.25, -0.2) is 0 Å². The summed E-state index contributed by atoms with van der Waals surface area (Å²) < 4.78 is 50.2. The molecule has 0 amide bonds. The number of ether oxygens (including phenoxy) is 2. The van der Waals surface area contributed by atoms with Crippen LogP contribution < -0.4 is 20.9 Å². The van der Waals surface area contributed by atoms with Crippen LogP contribution in [0.15, 0.2) is 60.8 Å². The van der Waals surface area contributed by atoms with E-state index in [1.165, 1.54) is 23.3 Å². The Bertz CT molecular complexity index is 1520. The first-order chi connectivity index (χ1) is 20.5. The van der Waals surface area contributed by atoms with E-state index >= 15 is 0 Å². The van der Waals surface area contributed by atoms with Crippen LogP contribution in [0.2, 0.25) is 0 Å². The molecule has 0 saturated carbocycles. The van der Waals surface area contributed by atoms with E-state index in [-0.39, 0.29) is 12.3 Å². The molecular formula is C33H42F3N5O2. The van der Waals surface area contributed by atoms with Crippen molar-refractivity contribution in [1.82, 2.24) is 14.4 Å². The molecule has 1 aromatic heterocycles. The van der Waals surface area contributed by atoms with E-state index in [9.17, 15) is 13.2 Å². The van der Waals surface area contributed by atoms with Crippen molar-refractivity contribution in [3.8, 4) is 22.6 Å². The highest BCUT2D eigenvalue weighted by Crippen LogP contribution is 2.36. The van der Waals surface area contributed by atoms with Gasteiger partial charge in [0.2, 0.25) is 0 Å². The van der Waals surface area contributed by atoms with Crippen LogP contribution in [0.4, 0.5) is 13.2 Å². The molecule has 4 rings (SSSR count). The van der Waals surface area contributed by atoms with Gasteiger partial charge in [-0.2, -0.15) is 0 Å². The number of likely N-dealkylation sites (N-methyl/N-ethyl adjacent to an activating group) is 2. The highest BCUT2D eigenvalue weighted by molar-refractivity contribution is 5.97. The molecule has 0 unspecified atom stereocenters. The first-order valence-electron chi connectivity index (χ1n) is 14.4. The number of hydrogen-bond donors (Lipinski definition) is 2. The van der Waals surface area contributed by atoms with Crippen LogP contribution in [0.3, 0.4) is 0 Å². The Hall–Kier alpha value is -3.57. The second-order valence-electron chi connectivity index (χ2n) is 11.1.